The standard InChI is InChI=1S/C14H26N2O3/c1-4-6-14(12(18)19)7-9-16(10-8-14)11(17)13(3,15)5-2/h4-10,15H2,1-3H3,(H,18,19). The molecule has 1 aliphatic heterocycles. The van der Waals surface area contributed by atoms with Gasteiger partial charge in [0.05, 0.1) is 11.0 Å². The van der Waals surface area contributed by atoms with Crippen LogP contribution in [0.25, 0.3) is 0 Å². The molecule has 0 aliphatic carbocycles. The second-order valence-electron chi connectivity index (χ2n) is 5.90. The molecule has 0 saturated carbocycles. The summed E-state index contributed by atoms with van der Waals surface area (Å²) >= 11 is 0. The van der Waals surface area contributed by atoms with Crippen LogP contribution < -0.4 is 5.73 Å². The van der Waals surface area contributed by atoms with E-state index in [9.17, 15) is 14.7 Å². The van der Waals surface area contributed by atoms with E-state index in [4.69, 9.17) is 5.73 Å². The Morgan fingerprint density at radius 1 is 1.32 bits per heavy atom. The second-order valence-corrected chi connectivity index (χ2v) is 5.90. The minimum absolute atomic E-state index is 0.0644. The van der Waals surface area contributed by atoms with E-state index in [0.717, 1.165) is 6.42 Å². The fourth-order valence-electron chi connectivity index (χ4n) is 2.70. The van der Waals surface area contributed by atoms with Crippen molar-refractivity contribution in [2.75, 3.05) is 13.1 Å². The van der Waals surface area contributed by atoms with Crippen LogP contribution in [0.2, 0.25) is 0 Å². The lowest BCUT2D eigenvalue weighted by Crippen LogP contribution is -2.56. The van der Waals surface area contributed by atoms with Crippen molar-refractivity contribution in [2.24, 2.45) is 11.1 Å². The summed E-state index contributed by atoms with van der Waals surface area (Å²) in [7, 11) is 0. The Morgan fingerprint density at radius 3 is 2.21 bits per heavy atom. The van der Waals surface area contributed by atoms with Gasteiger partial charge in [-0.3, -0.25) is 9.59 Å². The molecular formula is C14H26N2O3. The number of carboxylic acids is 1. The molecule has 1 atom stereocenters. The van der Waals surface area contributed by atoms with Gasteiger partial charge >= 0.3 is 5.97 Å². The van der Waals surface area contributed by atoms with Gasteiger partial charge in [0.15, 0.2) is 0 Å². The van der Waals surface area contributed by atoms with Crippen LogP contribution in [0.1, 0.15) is 52.9 Å². The van der Waals surface area contributed by atoms with Crippen LogP contribution in [-0.2, 0) is 9.59 Å². The van der Waals surface area contributed by atoms with Crippen LogP contribution >= 0.6 is 0 Å². The number of carbonyl (C=O) groups is 2. The van der Waals surface area contributed by atoms with Crippen molar-refractivity contribution in [3.8, 4) is 0 Å². The van der Waals surface area contributed by atoms with E-state index in [1.54, 1.807) is 11.8 Å². The van der Waals surface area contributed by atoms with Gasteiger partial charge in [-0.1, -0.05) is 20.3 Å². The van der Waals surface area contributed by atoms with Crippen LogP contribution in [-0.4, -0.2) is 40.5 Å². The van der Waals surface area contributed by atoms with Crippen molar-refractivity contribution >= 4 is 11.9 Å². The van der Waals surface area contributed by atoms with E-state index >= 15 is 0 Å². The summed E-state index contributed by atoms with van der Waals surface area (Å²) < 4.78 is 0. The Labute approximate surface area is 115 Å². The number of carboxylic acid groups (broad SMARTS) is 1. The molecule has 110 valence electrons. The summed E-state index contributed by atoms with van der Waals surface area (Å²) in [5.41, 5.74) is 4.48. The average molecular weight is 270 g/mol. The zero-order chi connectivity index (χ0) is 14.7. The SMILES string of the molecule is CCCC1(C(=O)O)CCN(C(=O)C(C)(N)CC)CC1. The highest BCUT2D eigenvalue weighted by Crippen LogP contribution is 2.37. The first-order chi connectivity index (χ1) is 8.79. The summed E-state index contributed by atoms with van der Waals surface area (Å²) in [6.45, 7) is 6.62. The fourth-order valence-corrected chi connectivity index (χ4v) is 2.70. The molecule has 1 unspecified atom stereocenters. The van der Waals surface area contributed by atoms with Crippen LogP contribution in [0.3, 0.4) is 0 Å². The molecule has 19 heavy (non-hydrogen) atoms. The summed E-state index contributed by atoms with van der Waals surface area (Å²) in [5, 5.41) is 9.42. The zero-order valence-corrected chi connectivity index (χ0v) is 12.2. The maximum absolute atomic E-state index is 12.2. The van der Waals surface area contributed by atoms with Gasteiger partial charge < -0.3 is 15.7 Å². The van der Waals surface area contributed by atoms with Gasteiger partial charge in [0, 0.05) is 13.1 Å². The predicted molar refractivity (Wildman–Crippen MR) is 73.7 cm³/mol. The van der Waals surface area contributed by atoms with Crippen LogP contribution in [0, 0.1) is 5.41 Å². The number of nitrogens with zero attached hydrogens (tertiary/aromatic N) is 1. The highest BCUT2D eigenvalue weighted by molar-refractivity contribution is 5.86. The molecule has 1 aliphatic rings. The largest absolute Gasteiger partial charge is 0.481 e. The lowest BCUT2D eigenvalue weighted by Gasteiger charge is -2.41. The quantitative estimate of drug-likeness (QED) is 0.795. The predicted octanol–water partition coefficient (Wildman–Crippen LogP) is 1.61. The monoisotopic (exact) mass is 270 g/mol. The van der Waals surface area contributed by atoms with Crippen molar-refractivity contribution < 1.29 is 14.7 Å². The number of hydrogen-bond donors (Lipinski definition) is 2. The Kier molecular flexibility index (Phi) is 4.96. The maximum Gasteiger partial charge on any atom is 0.309 e. The average Bonchev–Trinajstić information content (AvgIpc) is 2.39. The molecule has 0 aromatic carbocycles. The number of aliphatic carboxylic acids is 1. The van der Waals surface area contributed by atoms with Gasteiger partial charge in [-0.15, -0.1) is 0 Å². The van der Waals surface area contributed by atoms with E-state index in [1.165, 1.54) is 0 Å². The highest BCUT2D eigenvalue weighted by Gasteiger charge is 2.43. The van der Waals surface area contributed by atoms with Crippen molar-refractivity contribution in [3.05, 3.63) is 0 Å². The number of piperidine rings is 1. The molecule has 0 aromatic heterocycles. The maximum atomic E-state index is 12.2. The Morgan fingerprint density at radius 2 is 1.84 bits per heavy atom. The number of carbonyl (C=O) groups excluding carboxylic acids is 1. The van der Waals surface area contributed by atoms with Crippen molar-refractivity contribution in [3.63, 3.8) is 0 Å². The third-order valence-electron chi connectivity index (χ3n) is 4.41. The van der Waals surface area contributed by atoms with Gasteiger partial charge in [0.2, 0.25) is 5.91 Å². The summed E-state index contributed by atoms with van der Waals surface area (Å²) in [4.78, 5) is 25.4. The lowest BCUT2D eigenvalue weighted by molar-refractivity contribution is -0.155. The molecule has 0 radical (unpaired) electrons. The summed E-state index contributed by atoms with van der Waals surface area (Å²) in [5.74, 6) is -0.794. The molecule has 3 N–H and O–H groups in total. The van der Waals surface area contributed by atoms with Gasteiger partial charge in [0.1, 0.15) is 0 Å². The van der Waals surface area contributed by atoms with Gasteiger partial charge in [0.25, 0.3) is 0 Å². The second kappa shape index (κ2) is 5.90. The summed E-state index contributed by atoms with van der Waals surface area (Å²) in [6.07, 6.45) is 3.17. The van der Waals surface area contributed by atoms with Gasteiger partial charge in [-0.25, -0.2) is 0 Å². The van der Waals surface area contributed by atoms with E-state index in [-0.39, 0.29) is 5.91 Å². The molecular weight excluding hydrogens is 244 g/mol. The first-order valence-electron chi connectivity index (χ1n) is 7.11. The Hall–Kier alpha value is -1.10. The molecule has 5 heteroatoms. The minimum atomic E-state index is -0.839. The van der Waals surface area contributed by atoms with E-state index < -0.39 is 16.9 Å². The Bertz CT molecular complexity index is 345. The van der Waals surface area contributed by atoms with E-state index in [1.807, 2.05) is 13.8 Å². The number of rotatable bonds is 5. The Balaban J connectivity index is 2.71. The van der Waals surface area contributed by atoms with E-state index in [0.29, 0.717) is 38.8 Å². The molecule has 0 bridgehead atoms. The molecule has 5 nitrogen and oxygen atoms in total. The third-order valence-corrected chi connectivity index (χ3v) is 4.41. The number of amides is 1. The van der Waals surface area contributed by atoms with Crippen LogP contribution in [0.4, 0.5) is 0 Å². The molecule has 1 saturated heterocycles. The number of likely N-dealkylation sites (tertiary alicyclic amines) is 1. The van der Waals surface area contributed by atoms with Gasteiger partial charge in [-0.05, 0) is 32.6 Å². The van der Waals surface area contributed by atoms with Crippen LogP contribution in [0.15, 0.2) is 0 Å². The van der Waals surface area contributed by atoms with Gasteiger partial charge in [-0.2, -0.15) is 0 Å². The van der Waals surface area contributed by atoms with E-state index in [2.05, 4.69) is 0 Å². The van der Waals surface area contributed by atoms with Crippen molar-refractivity contribution in [2.45, 2.75) is 58.4 Å². The lowest BCUT2D eigenvalue weighted by atomic mass is 9.74. The molecule has 1 rings (SSSR count). The third kappa shape index (κ3) is 3.26. The van der Waals surface area contributed by atoms with Crippen molar-refractivity contribution in [1.82, 2.24) is 4.90 Å². The smallest absolute Gasteiger partial charge is 0.309 e. The zero-order valence-electron chi connectivity index (χ0n) is 12.2. The summed E-state index contributed by atoms with van der Waals surface area (Å²) in [6, 6.07) is 0. The number of hydrogen-bond acceptors (Lipinski definition) is 3. The first kappa shape index (κ1) is 16.0. The molecule has 1 fully saturated rings. The molecule has 1 amide bonds. The van der Waals surface area contributed by atoms with Crippen LogP contribution in [0.5, 0.6) is 0 Å². The fraction of sp³-hybridized carbons (Fsp3) is 0.857. The first-order valence-corrected chi connectivity index (χ1v) is 7.11. The number of nitrogens with two attached hydrogens (primary N) is 1. The minimum Gasteiger partial charge on any atom is -0.481 e. The molecule has 1 heterocycles. The normalized spacial score (nSPS) is 21.8. The molecule has 0 spiro atoms. The topological polar surface area (TPSA) is 83.6 Å². The highest BCUT2D eigenvalue weighted by atomic mass is 16.4. The van der Waals surface area contributed by atoms with Crippen molar-refractivity contribution in [1.29, 1.82) is 0 Å². The molecule has 0 aromatic rings.